The summed E-state index contributed by atoms with van der Waals surface area (Å²) >= 11 is 0. The van der Waals surface area contributed by atoms with Crippen LogP contribution in [0.3, 0.4) is 0 Å². The van der Waals surface area contributed by atoms with Crippen LogP contribution in [0.4, 0.5) is 5.69 Å². The number of pyridine rings is 1. The van der Waals surface area contributed by atoms with Crippen molar-refractivity contribution in [2.45, 2.75) is 19.4 Å². The molecule has 0 spiro atoms. The minimum absolute atomic E-state index is 0.196. The highest BCUT2D eigenvalue weighted by molar-refractivity contribution is 6.32. The number of carbonyl (C=O) groups is 2. The predicted octanol–water partition coefficient (Wildman–Crippen LogP) is 2.15. The molecule has 1 unspecified atom stereocenters. The SMILES string of the molecule is CCOc1ncccc1C1(OC(=O)C(C)=O)CNc2ccc(C#N)cc21. The van der Waals surface area contributed by atoms with E-state index in [-0.39, 0.29) is 6.54 Å². The van der Waals surface area contributed by atoms with Gasteiger partial charge in [-0.1, -0.05) is 0 Å². The lowest BCUT2D eigenvalue weighted by atomic mass is 9.87. The molecule has 7 nitrogen and oxygen atoms in total. The number of anilines is 1. The third-order valence-corrected chi connectivity index (χ3v) is 4.15. The first-order chi connectivity index (χ1) is 12.5. The molecule has 26 heavy (non-hydrogen) atoms. The van der Waals surface area contributed by atoms with Gasteiger partial charge in [-0.2, -0.15) is 5.26 Å². The van der Waals surface area contributed by atoms with Gasteiger partial charge in [0.05, 0.1) is 30.3 Å². The number of nitrogens with one attached hydrogen (secondary N) is 1. The smallest absolute Gasteiger partial charge is 0.375 e. The van der Waals surface area contributed by atoms with Crippen LogP contribution in [0.5, 0.6) is 5.88 Å². The van der Waals surface area contributed by atoms with E-state index in [0.717, 1.165) is 6.92 Å². The summed E-state index contributed by atoms with van der Waals surface area (Å²) in [6.07, 6.45) is 1.57. The molecular formula is C19H17N3O4. The van der Waals surface area contributed by atoms with E-state index in [9.17, 15) is 14.9 Å². The van der Waals surface area contributed by atoms with Gasteiger partial charge in [-0.05, 0) is 37.3 Å². The van der Waals surface area contributed by atoms with Gasteiger partial charge in [0.2, 0.25) is 11.7 Å². The zero-order valence-electron chi connectivity index (χ0n) is 14.4. The number of nitrogens with zero attached hydrogens (tertiary/aromatic N) is 2. The maximum absolute atomic E-state index is 12.2. The van der Waals surface area contributed by atoms with E-state index in [0.29, 0.717) is 34.9 Å². The van der Waals surface area contributed by atoms with Gasteiger partial charge >= 0.3 is 5.97 Å². The molecule has 0 amide bonds. The van der Waals surface area contributed by atoms with Gasteiger partial charge in [-0.25, -0.2) is 9.78 Å². The molecule has 1 aliphatic rings. The molecule has 3 rings (SSSR count). The number of Topliss-reactive ketones (excluding diaryl/α,β-unsaturated/α-hetero) is 1. The molecule has 1 atom stereocenters. The number of ketones is 1. The molecule has 0 aliphatic carbocycles. The zero-order valence-corrected chi connectivity index (χ0v) is 14.4. The molecule has 1 aliphatic heterocycles. The molecule has 7 heteroatoms. The lowest BCUT2D eigenvalue weighted by Gasteiger charge is -2.30. The molecule has 0 saturated heterocycles. The van der Waals surface area contributed by atoms with Crippen molar-refractivity contribution in [1.82, 2.24) is 4.98 Å². The summed E-state index contributed by atoms with van der Waals surface area (Å²) in [6, 6.07) is 10.6. The van der Waals surface area contributed by atoms with Crippen LogP contribution in [-0.2, 0) is 19.9 Å². The Balaban J connectivity index is 2.24. The Morgan fingerprint density at radius 2 is 2.15 bits per heavy atom. The highest BCUT2D eigenvalue weighted by Crippen LogP contribution is 2.46. The lowest BCUT2D eigenvalue weighted by molar-refractivity contribution is -0.162. The Morgan fingerprint density at radius 3 is 2.85 bits per heavy atom. The summed E-state index contributed by atoms with van der Waals surface area (Å²) in [5, 5.41) is 12.4. The van der Waals surface area contributed by atoms with Crippen molar-refractivity contribution < 1.29 is 19.1 Å². The molecule has 1 aromatic carbocycles. The Labute approximate surface area is 150 Å². The molecular weight excluding hydrogens is 334 g/mol. The van der Waals surface area contributed by atoms with Crippen LogP contribution in [0.15, 0.2) is 36.5 Å². The highest BCUT2D eigenvalue weighted by Gasteiger charge is 2.47. The molecule has 1 N–H and O–H groups in total. The molecule has 2 aromatic rings. The number of benzene rings is 1. The van der Waals surface area contributed by atoms with Crippen molar-refractivity contribution in [2.75, 3.05) is 18.5 Å². The highest BCUT2D eigenvalue weighted by atomic mass is 16.6. The standard InChI is InChI=1S/C19H17N3O4/c1-3-25-17-14(5-4-8-21-17)19(26-18(24)12(2)23)11-22-16-7-6-13(10-20)9-15(16)19/h4-9,22H,3,11H2,1-2H3. The number of aromatic nitrogens is 1. The van der Waals surface area contributed by atoms with Gasteiger partial charge in [0.1, 0.15) is 0 Å². The van der Waals surface area contributed by atoms with E-state index in [2.05, 4.69) is 16.4 Å². The topological polar surface area (TPSA) is 101 Å². The maximum atomic E-state index is 12.2. The Kier molecular flexibility index (Phi) is 4.59. The second-order valence-electron chi connectivity index (χ2n) is 5.79. The van der Waals surface area contributed by atoms with E-state index >= 15 is 0 Å². The van der Waals surface area contributed by atoms with Crippen LogP contribution in [0.25, 0.3) is 0 Å². The van der Waals surface area contributed by atoms with Crippen LogP contribution in [0.1, 0.15) is 30.5 Å². The number of hydrogen-bond acceptors (Lipinski definition) is 7. The summed E-state index contributed by atoms with van der Waals surface area (Å²) in [6.45, 7) is 3.54. The maximum Gasteiger partial charge on any atom is 0.375 e. The van der Waals surface area contributed by atoms with Gasteiger partial charge in [0, 0.05) is 24.4 Å². The van der Waals surface area contributed by atoms with E-state index < -0.39 is 17.4 Å². The number of hydrogen-bond donors (Lipinski definition) is 1. The summed E-state index contributed by atoms with van der Waals surface area (Å²) < 4.78 is 11.3. The summed E-state index contributed by atoms with van der Waals surface area (Å²) in [5.41, 5.74) is 0.908. The van der Waals surface area contributed by atoms with Crippen LogP contribution >= 0.6 is 0 Å². The Bertz CT molecular complexity index is 919. The monoisotopic (exact) mass is 351 g/mol. The summed E-state index contributed by atoms with van der Waals surface area (Å²) in [4.78, 5) is 28.0. The first-order valence-corrected chi connectivity index (χ1v) is 8.12. The van der Waals surface area contributed by atoms with Crippen molar-refractivity contribution in [3.63, 3.8) is 0 Å². The van der Waals surface area contributed by atoms with Crippen molar-refractivity contribution in [3.05, 3.63) is 53.2 Å². The number of carbonyl (C=O) groups excluding carboxylic acids is 2. The number of fused-ring (bicyclic) bond motifs is 1. The third-order valence-electron chi connectivity index (χ3n) is 4.15. The molecule has 132 valence electrons. The van der Waals surface area contributed by atoms with E-state index in [1.165, 1.54) is 0 Å². The predicted molar refractivity (Wildman–Crippen MR) is 92.6 cm³/mol. The van der Waals surface area contributed by atoms with E-state index in [4.69, 9.17) is 9.47 Å². The zero-order chi connectivity index (χ0) is 18.7. The number of rotatable bonds is 5. The second kappa shape index (κ2) is 6.84. The lowest BCUT2D eigenvalue weighted by Crippen LogP contribution is -2.38. The summed E-state index contributed by atoms with van der Waals surface area (Å²) in [5.74, 6) is -1.37. The van der Waals surface area contributed by atoms with E-state index in [1.54, 1.807) is 36.5 Å². The van der Waals surface area contributed by atoms with Crippen molar-refractivity contribution in [2.24, 2.45) is 0 Å². The van der Waals surface area contributed by atoms with Gasteiger partial charge in [-0.15, -0.1) is 0 Å². The normalized spacial score (nSPS) is 17.6. The molecule has 0 bridgehead atoms. The number of esters is 1. The molecule has 0 radical (unpaired) electrons. The Morgan fingerprint density at radius 1 is 1.35 bits per heavy atom. The molecule has 1 aromatic heterocycles. The van der Waals surface area contributed by atoms with Crippen LogP contribution < -0.4 is 10.1 Å². The molecule has 0 fully saturated rings. The molecule has 2 heterocycles. The van der Waals surface area contributed by atoms with Gasteiger partial charge in [0.25, 0.3) is 0 Å². The largest absolute Gasteiger partial charge is 0.478 e. The van der Waals surface area contributed by atoms with Gasteiger partial charge in [-0.3, -0.25) is 4.79 Å². The fourth-order valence-electron chi connectivity index (χ4n) is 2.98. The van der Waals surface area contributed by atoms with Gasteiger partial charge in [0.15, 0.2) is 5.60 Å². The van der Waals surface area contributed by atoms with Crippen LogP contribution in [0, 0.1) is 11.3 Å². The van der Waals surface area contributed by atoms with Crippen molar-refractivity contribution in [1.29, 1.82) is 5.26 Å². The van der Waals surface area contributed by atoms with Crippen molar-refractivity contribution in [3.8, 4) is 11.9 Å². The average Bonchev–Trinajstić information content (AvgIpc) is 3.01. The molecule has 0 saturated carbocycles. The first kappa shape index (κ1) is 17.4. The second-order valence-corrected chi connectivity index (χ2v) is 5.79. The average molecular weight is 351 g/mol. The minimum atomic E-state index is -1.32. The minimum Gasteiger partial charge on any atom is -0.478 e. The third kappa shape index (κ3) is 2.86. The van der Waals surface area contributed by atoms with Crippen LogP contribution in [0.2, 0.25) is 0 Å². The fraction of sp³-hybridized carbons (Fsp3) is 0.263. The Hall–Kier alpha value is -3.40. The van der Waals surface area contributed by atoms with Crippen LogP contribution in [-0.4, -0.2) is 29.9 Å². The van der Waals surface area contributed by atoms with Crippen molar-refractivity contribution >= 4 is 17.4 Å². The van der Waals surface area contributed by atoms with E-state index in [1.807, 2.05) is 6.92 Å². The number of ether oxygens (including phenoxy) is 2. The fourth-order valence-corrected chi connectivity index (χ4v) is 2.98. The first-order valence-electron chi connectivity index (χ1n) is 8.12. The number of nitriles is 1. The summed E-state index contributed by atoms with van der Waals surface area (Å²) in [7, 11) is 0. The van der Waals surface area contributed by atoms with Gasteiger partial charge < -0.3 is 14.8 Å². The quantitative estimate of drug-likeness (QED) is 0.650.